The lowest BCUT2D eigenvalue weighted by Crippen LogP contribution is -2.06. The second-order valence-corrected chi connectivity index (χ2v) is 4.12. The van der Waals surface area contributed by atoms with Crippen molar-refractivity contribution in [1.29, 1.82) is 0 Å². The smallest absolute Gasteiger partial charge is 0.338 e. The van der Waals surface area contributed by atoms with E-state index in [0.717, 1.165) is 11.6 Å². The molecule has 0 saturated heterocycles. The number of ether oxygens (including phenoxy) is 1. The molecule has 0 aromatic heterocycles. The van der Waals surface area contributed by atoms with Crippen molar-refractivity contribution in [2.75, 3.05) is 11.9 Å². The number of allylic oxidation sites excluding steroid dienone is 1. The van der Waals surface area contributed by atoms with E-state index in [1.54, 1.807) is 37.3 Å². The van der Waals surface area contributed by atoms with Crippen molar-refractivity contribution in [3.8, 4) is 0 Å². The normalized spacial score (nSPS) is 11.2. The maximum atomic E-state index is 11.6. The first-order chi connectivity index (χ1) is 10.1. The molecule has 110 valence electrons. The molecule has 0 aliphatic rings. The lowest BCUT2D eigenvalue weighted by molar-refractivity contribution is -0.138. The van der Waals surface area contributed by atoms with E-state index in [-0.39, 0.29) is 18.1 Å². The van der Waals surface area contributed by atoms with Crippen LogP contribution in [0.3, 0.4) is 0 Å². The first-order valence-electron chi connectivity index (χ1n) is 6.45. The van der Waals surface area contributed by atoms with E-state index in [2.05, 4.69) is 5.32 Å². The van der Waals surface area contributed by atoms with Gasteiger partial charge in [-0.05, 0) is 36.8 Å². The number of carbonyl (C=O) groups excluding carboxylic acids is 3. The van der Waals surface area contributed by atoms with E-state index in [0.29, 0.717) is 12.0 Å². The molecule has 1 aromatic carbocycles. The second-order valence-electron chi connectivity index (χ2n) is 4.12. The molecule has 0 unspecified atom stereocenters. The summed E-state index contributed by atoms with van der Waals surface area (Å²) in [4.78, 5) is 33.0. The maximum Gasteiger partial charge on any atom is 0.338 e. The number of hydrogen-bond acceptors (Lipinski definition) is 4. The third-order valence-corrected chi connectivity index (χ3v) is 2.45. The zero-order valence-electron chi connectivity index (χ0n) is 12.0. The fourth-order valence-corrected chi connectivity index (χ4v) is 1.55. The highest BCUT2D eigenvalue weighted by molar-refractivity contribution is 5.96. The van der Waals surface area contributed by atoms with Crippen LogP contribution in [0, 0.1) is 0 Å². The van der Waals surface area contributed by atoms with Gasteiger partial charge in [0.25, 0.3) is 0 Å². The summed E-state index contributed by atoms with van der Waals surface area (Å²) < 4.78 is 4.84. The van der Waals surface area contributed by atoms with E-state index in [4.69, 9.17) is 4.74 Å². The number of amides is 1. The van der Waals surface area contributed by atoms with Crippen LogP contribution in [-0.4, -0.2) is 24.8 Å². The highest BCUT2D eigenvalue weighted by atomic mass is 16.5. The van der Waals surface area contributed by atoms with E-state index < -0.39 is 5.97 Å². The predicted octanol–water partition coefficient (Wildman–Crippen LogP) is 2.35. The summed E-state index contributed by atoms with van der Waals surface area (Å²) in [5, 5.41) is 2.66. The molecule has 1 aromatic rings. The van der Waals surface area contributed by atoms with Crippen LogP contribution in [0.25, 0.3) is 6.08 Å². The molecule has 5 nitrogen and oxygen atoms in total. The van der Waals surface area contributed by atoms with Gasteiger partial charge in [0.05, 0.1) is 12.2 Å². The lowest BCUT2D eigenvalue weighted by Gasteiger charge is -2.03. The number of nitrogens with one attached hydrogen (secondary N) is 1. The van der Waals surface area contributed by atoms with E-state index in [9.17, 15) is 14.4 Å². The SMILES string of the molecule is CCOC(=O)C(/C=C/c1ccc(NC(C)=O)cc1)=C/C=O. The summed E-state index contributed by atoms with van der Waals surface area (Å²) in [5.41, 5.74) is 1.69. The van der Waals surface area contributed by atoms with Gasteiger partial charge in [0.1, 0.15) is 6.29 Å². The predicted molar refractivity (Wildman–Crippen MR) is 80.6 cm³/mol. The van der Waals surface area contributed by atoms with Crippen LogP contribution in [0.1, 0.15) is 19.4 Å². The minimum atomic E-state index is -0.546. The van der Waals surface area contributed by atoms with Crippen LogP contribution in [-0.2, 0) is 19.1 Å². The molecule has 0 aliphatic carbocycles. The topological polar surface area (TPSA) is 72.5 Å². The Morgan fingerprint density at radius 2 is 1.90 bits per heavy atom. The Hall–Kier alpha value is -2.69. The number of carbonyl (C=O) groups is 3. The molecule has 0 bridgehead atoms. The van der Waals surface area contributed by atoms with Crippen molar-refractivity contribution in [1.82, 2.24) is 0 Å². The van der Waals surface area contributed by atoms with Gasteiger partial charge in [-0.3, -0.25) is 9.59 Å². The van der Waals surface area contributed by atoms with Gasteiger partial charge < -0.3 is 10.1 Å². The van der Waals surface area contributed by atoms with Crippen molar-refractivity contribution < 1.29 is 19.1 Å². The van der Waals surface area contributed by atoms with Gasteiger partial charge in [-0.1, -0.05) is 18.2 Å². The fraction of sp³-hybridized carbons (Fsp3) is 0.188. The number of benzene rings is 1. The molecule has 1 N–H and O–H groups in total. The van der Waals surface area contributed by atoms with Gasteiger partial charge in [0, 0.05) is 12.6 Å². The Labute approximate surface area is 123 Å². The van der Waals surface area contributed by atoms with Crippen molar-refractivity contribution in [3.05, 3.63) is 47.6 Å². The minimum Gasteiger partial charge on any atom is -0.462 e. The van der Waals surface area contributed by atoms with E-state index in [1.807, 2.05) is 0 Å². The number of esters is 1. The first-order valence-corrected chi connectivity index (χ1v) is 6.45. The maximum absolute atomic E-state index is 11.6. The Bertz CT molecular complexity index is 570. The van der Waals surface area contributed by atoms with Crippen LogP contribution >= 0.6 is 0 Å². The molecule has 0 heterocycles. The van der Waals surface area contributed by atoms with Gasteiger partial charge in [-0.25, -0.2) is 4.79 Å². The van der Waals surface area contributed by atoms with Crippen LogP contribution in [0.4, 0.5) is 5.69 Å². The first kappa shape index (κ1) is 16.4. The zero-order chi connectivity index (χ0) is 15.7. The largest absolute Gasteiger partial charge is 0.462 e. The summed E-state index contributed by atoms with van der Waals surface area (Å²) in [7, 11) is 0. The van der Waals surface area contributed by atoms with E-state index >= 15 is 0 Å². The fourth-order valence-electron chi connectivity index (χ4n) is 1.55. The molecule has 5 heteroatoms. The second kappa shape index (κ2) is 8.47. The average molecular weight is 287 g/mol. The number of hydrogen-bond donors (Lipinski definition) is 1. The standard InChI is InChI=1S/C16H17NO4/c1-3-21-16(20)14(10-11-18)7-4-13-5-8-15(9-6-13)17-12(2)19/h4-11H,3H2,1-2H3,(H,17,19)/b7-4+,14-10+. The Morgan fingerprint density at radius 1 is 1.24 bits per heavy atom. The van der Waals surface area contributed by atoms with Crippen molar-refractivity contribution in [2.24, 2.45) is 0 Å². The molecule has 0 atom stereocenters. The monoisotopic (exact) mass is 287 g/mol. The minimum absolute atomic E-state index is 0.142. The summed E-state index contributed by atoms with van der Waals surface area (Å²) >= 11 is 0. The quantitative estimate of drug-likeness (QED) is 0.377. The van der Waals surface area contributed by atoms with Gasteiger partial charge in [-0.15, -0.1) is 0 Å². The highest BCUT2D eigenvalue weighted by Gasteiger charge is 2.06. The number of anilines is 1. The summed E-state index contributed by atoms with van der Waals surface area (Å²) in [6.45, 7) is 3.37. The van der Waals surface area contributed by atoms with Gasteiger partial charge >= 0.3 is 5.97 Å². The third kappa shape index (κ3) is 5.86. The van der Waals surface area contributed by atoms with Crippen molar-refractivity contribution in [2.45, 2.75) is 13.8 Å². The van der Waals surface area contributed by atoms with Crippen molar-refractivity contribution in [3.63, 3.8) is 0 Å². The van der Waals surface area contributed by atoms with E-state index in [1.165, 1.54) is 13.0 Å². The van der Waals surface area contributed by atoms with Crippen LogP contribution in [0.15, 0.2) is 42.0 Å². The summed E-state index contributed by atoms with van der Waals surface area (Å²) in [6.07, 6.45) is 4.89. The lowest BCUT2D eigenvalue weighted by atomic mass is 10.1. The van der Waals surface area contributed by atoms with Crippen LogP contribution in [0.5, 0.6) is 0 Å². The van der Waals surface area contributed by atoms with Gasteiger partial charge in [-0.2, -0.15) is 0 Å². The molecular formula is C16H17NO4. The third-order valence-electron chi connectivity index (χ3n) is 2.45. The summed E-state index contributed by atoms with van der Waals surface area (Å²) in [5.74, 6) is -0.687. The van der Waals surface area contributed by atoms with Crippen LogP contribution < -0.4 is 5.32 Å². The Morgan fingerprint density at radius 3 is 2.43 bits per heavy atom. The van der Waals surface area contributed by atoms with Crippen molar-refractivity contribution >= 4 is 29.9 Å². The Kier molecular flexibility index (Phi) is 6.60. The molecule has 1 amide bonds. The van der Waals surface area contributed by atoms with Gasteiger partial charge in [0.15, 0.2) is 0 Å². The molecular weight excluding hydrogens is 270 g/mol. The number of rotatable bonds is 6. The zero-order valence-corrected chi connectivity index (χ0v) is 12.0. The number of aldehydes is 1. The molecule has 1 rings (SSSR count). The van der Waals surface area contributed by atoms with Crippen LogP contribution in [0.2, 0.25) is 0 Å². The highest BCUT2D eigenvalue weighted by Crippen LogP contribution is 2.12. The summed E-state index contributed by atoms with van der Waals surface area (Å²) in [6, 6.07) is 7.06. The molecule has 0 aliphatic heterocycles. The van der Waals surface area contributed by atoms with Gasteiger partial charge in [0.2, 0.25) is 5.91 Å². The molecule has 0 saturated carbocycles. The molecule has 21 heavy (non-hydrogen) atoms. The molecule has 0 radical (unpaired) electrons. The molecule has 0 fully saturated rings. The average Bonchev–Trinajstić information content (AvgIpc) is 2.44. The molecule has 0 spiro atoms. The Balaban J connectivity index is 2.82.